The molecular weight excluding hydrogens is 595 g/mol. The summed E-state index contributed by atoms with van der Waals surface area (Å²) in [6, 6.07) is 22.6. The number of benzene rings is 2. The number of ether oxygens (including phenoxy) is 2. The van der Waals surface area contributed by atoms with Gasteiger partial charge in [0.2, 0.25) is 5.88 Å². The van der Waals surface area contributed by atoms with Crippen LogP contribution in [0.5, 0.6) is 11.6 Å². The van der Waals surface area contributed by atoms with Gasteiger partial charge in [0.05, 0.1) is 17.7 Å². The van der Waals surface area contributed by atoms with Crippen LogP contribution < -0.4 is 9.47 Å². The fourth-order valence-electron chi connectivity index (χ4n) is 5.29. The molecule has 2 aromatic carbocycles. The summed E-state index contributed by atoms with van der Waals surface area (Å²) in [5, 5.41) is 11.2. The van der Waals surface area contributed by atoms with Gasteiger partial charge in [-0.05, 0) is 80.8 Å². The predicted octanol–water partition coefficient (Wildman–Crippen LogP) is 8.98. The second-order valence-corrected chi connectivity index (χ2v) is 15.1. The minimum Gasteiger partial charge on any atom is -0.487 e. The Morgan fingerprint density at radius 1 is 0.957 bits per heavy atom. The van der Waals surface area contributed by atoms with E-state index in [1.807, 2.05) is 50.4 Å². The Labute approximate surface area is 276 Å². The number of aryl methyl sites for hydroxylation is 1. The number of aliphatic carboxylic acids is 1. The maximum Gasteiger partial charge on any atom is 0.309 e. The maximum absolute atomic E-state index is 12.4. The molecule has 46 heavy (non-hydrogen) atoms. The van der Waals surface area contributed by atoms with Crippen LogP contribution in [0.1, 0.15) is 64.1 Å². The Balaban J connectivity index is 1.57. The van der Waals surface area contributed by atoms with E-state index >= 15 is 0 Å². The van der Waals surface area contributed by atoms with E-state index in [4.69, 9.17) is 9.47 Å². The van der Waals surface area contributed by atoms with E-state index in [0.29, 0.717) is 32.1 Å². The molecule has 3 aromatic heterocycles. The molecule has 1 N–H and O–H groups in total. The van der Waals surface area contributed by atoms with Crippen LogP contribution in [0.4, 0.5) is 0 Å². The lowest BCUT2D eigenvalue weighted by Crippen LogP contribution is -2.28. The Kier molecular flexibility index (Phi) is 9.77. The summed E-state index contributed by atoms with van der Waals surface area (Å²) in [7, 11) is 0. The number of hydrogen-bond donors (Lipinski definition) is 1. The van der Waals surface area contributed by atoms with Gasteiger partial charge in [-0.15, -0.1) is 11.8 Å². The first-order chi connectivity index (χ1) is 21.8. The van der Waals surface area contributed by atoms with Crippen molar-refractivity contribution >= 4 is 28.6 Å². The summed E-state index contributed by atoms with van der Waals surface area (Å²) in [6.07, 6.45) is 3.96. The zero-order valence-corrected chi connectivity index (χ0v) is 28.6. The Hall–Kier alpha value is -4.30. The Morgan fingerprint density at radius 3 is 2.37 bits per heavy atom. The average Bonchev–Trinajstić information content (AvgIpc) is 3.27. The van der Waals surface area contributed by atoms with Gasteiger partial charge in [-0.1, -0.05) is 51.1 Å². The molecule has 0 amide bonds. The van der Waals surface area contributed by atoms with E-state index < -0.39 is 11.4 Å². The lowest BCUT2D eigenvalue weighted by Gasteiger charge is -2.24. The van der Waals surface area contributed by atoms with E-state index in [0.717, 1.165) is 55.2 Å². The molecule has 0 aliphatic rings. The van der Waals surface area contributed by atoms with Crippen molar-refractivity contribution in [3.8, 4) is 22.8 Å². The van der Waals surface area contributed by atoms with Gasteiger partial charge in [0, 0.05) is 57.2 Å². The molecule has 0 saturated carbocycles. The summed E-state index contributed by atoms with van der Waals surface area (Å²) in [6.45, 7) is 15.6. The van der Waals surface area contributed by atoms with Crippen LogP contribution >= 0.6 is 11.8 Å². The van der Waals surface area contributed by atoms with Crippen molar-refractivity contribution in [3.05, 3.63) is 102 Å². The van der Waals surface area contributed by atoms with E-state index in [1.54, 1.807) is 31.8 Å². The highest BCUT2D eigenvalue weighted by Gasteiger charge is 2.33. The second kappa shape index (κ2) is 13.6. The smallest absolute Gasteiger partial charge is 0.309 e. The third-order valence-corrected chi connectivity index (χ3v) is 8.98. The first kappa shape index (κ1) is 33.1. The highest BCUT2D eigenvalue weighted by Crippen LogP contribution is 2.44. The zero-order valence-electron chi connectivity index (χ0n) is 27.8. The van der Waals surface area contributed by atoms with E-state index in [1.165, 1.54) is 0 Å². The van der Waals surface area contributed by atoms with Gasteiger partial charge < -0.3 is 19.1 Å². The Bertz CT molecular complexity index is 1820. The standard InChI is InChI=1S/C38H43N3O4S/c1-8-44-35-30(10-9-19-39-35)27-14-12-26(13-15-27)23-41-32-18-17-29(45-24-28-16-11-25(2)22-40-28)20-31(32)34(46-37(3,4)5)33(41)21-38(6,7)36(42)43/h9-20,22H,8,21,23-24H2,1-7H3,(H,42,43). The van der Waals surface area contributed by atoms with Gasteiger partial charge in [0.15, 0.2) is 0 Å². The quantitative estimate of drug-likeness (QED) is 0.137. The summed E-state index contributed by atoms with van der Waals surface area (Å²) >= 11 is 1.77. The summed E-state index contributed by atoms with van der Waals surface area (Å²) in [5.41, 5.74) is 6.13. The Morgan fingerprint density at radius 2 is 1.72 bits per heavy atom. The SMILES string of the molecule is CCOc1ncccc1-c1ccc(Cn2c(CC(C)(C)C(=O)O)c(SC(C)(C)C)c3cc(OCc4ccc(C)cn4)ccc32)cc1. The number of carboxylic acid groups (broad SMARTS) is 1. The van der Waals surface area contributed by atoms with Crippen LogP contribution in [0.25, 0.3) is 22.0 Å². The fraction of sp³-hybridized carbons (Fsp3) is 0.342. The molecule has 5 aromatic rings. The molecule has 0 aliphatic carbocycles. The second-order valence-electron chi connectivity index (χ2n) is 13.2. The van der Waals surface area contributed by atoms with Gasteiger partial charge in [-0.3, -0.25) is 9.78 Å². The van der Waals surface area contributed by atoms with Gasteiger partial charge in [0.25, 0.3) is 0 Å². The van der Waals surface area contributed by atoms with Crippen molar-refractivity contribution in [2.24, 2.45) is 5.41 Å². The minimum absolute atomic E-state index is 0.104. The number of aromatic nitrogens is 3. The van der Waals surface area contributed by atoms with Crippen LogP contribution in [0.3, 0.4) is 0 Å². The van der Waals surface area contributed by atoms with Crippen molar-refractivity contribution in [3.63, 3.8) is 0 Å². The molecule has 0 fully saturated rings. The number of rotatable bonds is 12. The highest BCUT2D eigenvalue weighted by molar-refractivity contribution is 8.00. The molecule has 8 heteroatoms. The molecule has 0 spiro atoms. The number of nitrogens with zero attached hydrogens (tertiary/aromatic N) is 3. The minimum atomic E-state index is -0.963. The average molecular weight is 638 g/mol. The van der Waals surface area contributed by atoms with Gasteiger partial charge in [0.1, 0.15) is 12.4 Å². The lowest BCUT2D eigenvalue weighted by molar-refractivity contribution is -0.146. The number of carboxylic acids is 1. The first-order valence-corrected chi connectivity index (χ1v) is 16.5. The molecule has 5 rings (SSSR count). The number of pyridine rings is 2. The normalized spacial score (nSPS) is 12.0. The molecule has 240 valence electrons. The molecule has 3 heterocycles. The van der Waals surface area contributed by atoms with Gasteiger partial charge in [-0.25, -0.2) is 4.98 Å². The molecule has 0 bridgehead atoms. The van der Waals surface area contributed by atoms with Crippen molar-refractivity contribution in [2.45, 2.75) is 77.7 Å². The van der Waals surface area contributed by atoms with Crippen LogP contribution in [-0.4, -0.2) is 37.0 Å². The summed E-state index contributed by atoms with van der Waals surface area (Å²) < 4.78 is 14.2. The van der Waals surface area contributed by atoms with Crippen LogP contribution in [0.2, 0.25) is 0 Å². The summed E-state index contributed by atoms with van der Waals surface area (Å²) in [5.74, 6) is 0.543. The zero-order chi connectivity index (χ0) is 33.1. The summed E-state index contributed by atoms with van der Waals surface area (Å²) in [4.78, 5) is 22.4. The molecule has 0 atom stereocenters. The van der Waals surface area contributed by atoms with Gasteiger partial charge >= 0.3 is 5.97 Å². The topological polar surface area (TPSA) is 86.5 Å². The molecule has 0 aliphatic heterocycles. The van der Waals surface area contributed by atoms with Crippen LogP contribution in [0, 0.1) is 12.3 Å². The number of fused-ring (bicyclic) bond motifs is 1. The third-order valence-electron chi connectivity index (χ3n) is 7.71. The highest BCUT2D eigenvalue weighted by atomic mass is 32.2. The first-order valence-electron chi connectivity index (χ1n) is 15.6. The fourth-order valence-corrected chi connectivity index (χ4v) is 6.48. The molecular formula is C38H43N3O4S. The van der Waals surface area contributed by atoms with Crippen LogP contribution in [-0.2, 0) is 24.4 Å². The van der Waals surface area contributed by atoms with Gasteiger partial charge in [-0.2, -0.15) is 0 Å². The third kappa shape index (κ3) is 7.73. The van der Waals surface area contributed by atoms with Crippen molar-refractivity contribution in [1.82, 2.24) is 14.5 Å². The van der Waals surface area contributed by atoms with E-state index in [2.05, 4.69) is 71.7 Å². The number of carbonyl (C=O) groups is 1. The van der Waals surface area contributed by atoms with E-state index in [9.17, 15) is 9.90 Å². The molecule has 0 saturated heterocycles. The maximum atomic E-state index is 12.4. The molecule has 0 unspecified atom stereocenters. The predicted molar refractivity (Wildman–Crippen MR) is 186 cm³/mol. The largest absolute Gasteiger partial charge is 0.487 e. The molecule has 0 radical (unpaired) electrons. The number of hydrogen-bond acceptors (Lipinski definition) is 6. The lowest BCUT2D eigenvalue weighted by atomic mass is 9.88. The van der Waals surface area contributed by atoms with Crippen molar-refractivity contribution in [2.75, 3.05) is 6.61 Å². The number of thioether (sulfide) groups is 1. The molecule has 7 nitrogen and oxygen atoms in total. The monoisotopic (exact) mass is 637 g/mol. The van der Waals surface area contributed by atoms with E-state index in [-0.39, 0.29) is 4.75 Å². The van der Waals surface area contributed by atoms with Crippen LogP contribution in [0.15, 0.2) is 84.0 Å². The van der Waals surface area contributed by atoms with Crippen molar-refractivity contribution < 1.29 is 19.4 Å². The van der Waals surface area contributed by atoms with Crippen molar-refractivity contribution in [1.29, 1.82) is 0 Å².